The number of nitrogens with one attached hydrogen (secondary N) is 1. The Balaban J connectivity index is 2.25. The SMILES string of the molecule is CC(Nc1nc(Cl)ncc1Cl)c1ccc(Cl)cc1Cl. The van der Waals surface area contributed by atoms with Crippen LogP contribution >= 0.6 is 46.4 Å². The van der Waals surface area contributed by atoms with Crippen LogP contribution in [0.1, 0.15) is 18.5 Å². The maximum absolute atomic E-state index is 6.15. The highest BCUT2D eigenvalue weighted by atomic mass is 35.5. The van der Waals surface area contributed by atoms with Gasteiger partial charge in [0, 0.05) is 10.0 Å². The van der Waals surface area contributed by atoms with E-state index in [1.54, 1.807) is 12.1 Å². The Morgan fingerprint density at radius 3 is 2.53 bits per heavy atom. The summed E-state index contributed by atoms with van der Waals surface area (Å²) in [7, 11) is 0. The van der Waals surface area contributed by atoms with Gasteiger partial charge in [0.2, 0.25) is 5.28 Å². The molecule has 0 aliphatic rings. The molecule has 0 aliphatic carbocycles. The lowest BCUT2D eigenvalue weighted by Gasteiger charge is -2.17. The summed E-state index contributed by atoms with van der Waals surface area (Å²) >= 11 is 23.7. The quantitative estimate of drug-likeness (QED) is 0.776. The molecular weight excluding hydrogens is 328 g/mol. The zero-order valence-electron chi connectivity index (χ0n) is 9.79. The molecular formula is C12H9Cl4N3. The first-order chi connectivity index (χ1) is 8.97. The van der Waals surface area contributed by atoms with E-state index in [0.717, 1.165) is 5.56 Å². The van der Waals surface area contributed by atoms with Gasteiger partial charge in [0.25, 0.3) is 0 Å². The van der Waals surface area contributed by atoms with Gasteiger partial charge in [-0.05, 0) is 36.2 Å². The van der Waals surface area contributed by atoms with Crippen molar-refractivity contribution in [3.05, 3.63) is 50.3 Å². The normalized spacial score (nSPS) is 12.3. The van der Waals surface area contributed by atoms with Gasteiger partial charge in [-0.1, -0.05) is 40.9 Å². The summed E-state index contributed by atoms with van der Waals surface area (Å²) in [6, 6.07) is 5.20. The number of hydrogen-bond donors (Lipinski definition) is 1. The molecule has 1 atom stereocenters. The number of benzene rings is 1. The van der Waals surface area contributed by atoms with Crippen LogP contribution in [-0.2, 0) is 0 Å². The van der Waals surface area contributed by atoms with E-state index in [9.17, 15) is 0 Å². The molecule has 1 aromatic carbocycles. The lowest BCUT2D eigenvalue weighted by atomic mass is 10.1. The Morgan fingerprint density at radius 2 is 1.84 bits per heavy atom. The van der Waals surface area contributed by atoms with Crippen molar-refractivity contribution in [1.29, 1.82) is 0 Å². The lowest BCUT2D eigenvalue weighted by molar-refractivity contribution is 0.872. The highest BCUT2D eigenvalue weighted by Crippen LogP contribution is 2.30. The molecule has 0 saturated carbocycles. The summed E-state index contributed by atoms with van der Waals surface area (Å²) in [6.07, 6.45) is 1.44. The summed E-state index contributed by atoms with van der Waals surface area (Å²) in [4.78, 5) is 7.81. The van der Waals surface area contributed by atoms with Crippen LogP contribution in [0.2, 0.25) is 20.4 Å². The smallest absolute Gasteiger partial charge is 0.224 e. The van der Waals surface area contributed by atoms with Gasteiger partial charge >= 0.3 is 0 Å². The Bertz CT molecular complexity index is 604. The van der Waals surface area contributed by atoms with Crippen molar-refractivity contribution in [2.24, 2.45) is 0 Å². The van der Waals surface area contributed by atoms with Gasteiger partial charge in [0.05, 0.1) is 12.2 Å². The minimum Gasteiger partial charge on any atom is -0.362 e. The van der Waals surface area contributed by atoms with E-state index in [1.165, 1.54) is 6.20 Å². The molecule has 3 nitrogen and oxygen atoms in total. The molecule has 0 aliphatic heterocycles. The zero-order chi connectivity index (χ0) is 14.0. The van der Waals surface area contributed by atoms with Crippen molar-refractivity contribution >= 4 is 52.2 Å². The van der Waals surface area contributed by atoms with E-state index in [-0.39, 0.29) is 11.3 Å². The molecule has 1 aromatic heterocycles. The van der Waals surface area contributed by atoms with Crippen LogP contribution in [0.25, 0.3) is 0 Å². The summed E-state index contributed by atoms with van der Waals surface area (Å²) < 4.78 is 0. The van der Waals surface area contributed by atoms with Crippen LogP contribution in [0.4, 0.5) is 5.82 Å². The standard InChI is InChI=1S/C12H9Cl4N3/c1-6(8-3-2-7(13)4-9(8)14)18-11-10(15)5-17-12(16)19-11/h2-6H,1H3,(H,17,18,19). The van der Waals surface area contributed by atoms with Crippen LogP contribution in [0.15, 0.2) is 24.4 Å². The van der Waals surface area contributed by atoms with E-state index in [4.69, 9.17) is 46.4 Å². The van der Waals surface area contributed by atoms with Gasteiger partial charge < -0.3 is 5.32 Å². The maximum atomic E-state index is 6.15. The molecule has 1 heterocycles. The van der Waals surface area contributed by atoms with Gasteiger partial charge in [-0.15, -0.1) is 0 Å². The number of nitrogens with zero attached hydrogens (tertiary/aromatic N) is 2. The summed E-state index contributed by atoms with van der Waals surface area (Å²) in [5.41, 5.74) is 0.886. The predicted octanol–water partition coefficient (Wildman–Crippen LogP) is 5.26. The van der Waals surface area contributed by atoms with Crippen molar-refractivity contribution < 1.29 is 0 Å². The molecule has 0 spiro atoms. The number of hydrogen-bond acceptors (Lipinski definition) is 3. The minimum atomic E-state index is -0.103. The van der Waals surface area contributed by atoms with E-state index in [0.29, 0.717) is 20.9 Å². The summed E-state index contributed by atoms with van der Waals surface area (Å²) in [6.45, 7) is 1.93. The van der Waals surface area contributed by atoms with E-state index < -0.39 is 0 Å². The Kier molecular flexibility index (Phi) is 4.74. The third kappa shape index (κ3) is 3.63. The molecule has 2 rings (SSSR count). The molecule has 0 bridgehead atoms. The second-order valence-corrected chi connectivity index (χ2v) is 5.46. The van der Waals surface area contributed by atoms with Crippen molar-refractivity contribution in [3.63, 3.8) is 0 Å². The van der Waals surface area contributed by atoms with E-state index >= 15 is 0 Å². The van der Waals surface area contributed by atoms with Crippen LogP contribution < -0.4 is 5.32 Å². The van der Waals surface area contributed by atoms with E-state index in [1.807, 2.05) is 13.0 Å². The topological polar surface area (TPSA) is 37.8 Å². The van der Waals surface area contributed by atoms with Gasteiger partial charge in [0.1, 0.15) is 10.8 Å². The number of anilines is 1. The summed E-state index contributed by atoms with van der Waals surface area (Å²) in [5, 5.41) is 4.81. The number of halogens is 4. The fraction of sp³-hybridized carbons (Fsp3) is 0.167. The number of rotatable bonds is 3. The highest BCUT2D eigenvalue weighted by molar-refractivity contribution is 6.35. The lowest BCUT2D eigenvalue weighted by Crippen LogP contribution is -2.09. The largest absolute Gasteiger partial charge is 0.362 e. The molecule has 7 heteroatoms. The van der Waals surface area contributed by atoms with Gasteiger partial charge in [-0.25, -0.2) is 4.98 Å². The second-order valence-electron chi connectivity index (χ2n) is 3.87. The second kappa shape index (κ2) is 6.14. The van der Waals surface area contributed by atoms with Crippen molar-refractivity contribution in [2.45, 2.75) is 13.0 Å². The third-order valence-corrected chi connectivity index (χ3v) is 3.52. The van der Waals surface area contributed by atoms with Gasteiger partial charge in [-0.3, -0.25) is 0 Å². The Morgan fingerprint density at radius 1 is 1.11 bits per heavy atom. The highest BCUT2D eigenvalue weighted by Gasteiger charge is 2.13. The molecule has 2 aromatic rings. The van der Waals surface area contributed by atoms with Gasteiger partial charge in [-0.2, -0.15) is 4.98 Å². The fourth-order valence-corrected chi connectivity index (χ4v) is 2.43. The van der Waals surface area contributed by atoms with Crippen molar-refractivity contribution in [2.75, 3.05) is 5.32 Å². The molecule has 1 unspecified atom stereocenters. The molecule has 0 radical (unpaired) electrons. The monoisotopic (exact) mass is 335 g/mol. The fourth-order valence-electron chi connectivity index (χ4n) is 1.58. The minimum absolute atomic E-state index is 0.103. The summed E-state index contributed by atoms with van der Waals surface area (Å²) in [5.74, 6) is 0.459. The first-order valence-electron chi connectivity index (χ1n) is 5.37. The molecule has 0 amide bonds. The molecule has 1 N–H and O–H groups in total. The van der Waals surface area contributed by atoms with Crippen LogP contribution in [0.3, 0.4) is 0 Å². The molecule has 0 saturated heterocycles. The van der Waals surface area contributed by atoms with Crippen LogP contribution in [0, 0.1) is 0 Å². The van der Waals surface area contributed by atoms with Crippen LogP contribution in [0.5, 0.6) is 0 Å². The van der Waals surface area contributed by atoms with Gasteiger partial charge in [0.15, 0.2) is 0 Å². The van der Waals surface area contributed by atoms with E-state index in [2.05, 4.69) is 15.3 Å². The Labute approximate surface area is 130 Å². The van der Waals surface area contributed by atoms with Crippen molar-refractivity contribution in [3.8, 4) is 0 Å². The van der Waals surface area contributed by atoms with Crippen LogP contribution in [-0.4, -0.2) is 9.97 Å². The molecule has 19 heavy (non-hydrogen) atoms. The molecule has 100 valence electrons. The maximum Gasteiger partial charge on any atom is 0.224 e. The Hall–Kier alpha value is -0.740. The first-order valence-corrected chi connectivity index (χ1v) is 6.88. The van der Waals surface area contributed by atoms with Crippen molar-refractivity contribution in [1.82, 2.24) is 9.97 Å². The molecule has 0 fully saturated rings. The average molecular weight is 337 g/mol. The third-order valence-electron chi connectivity index (χ3n) is 2.50. The zero-order valence-corrected chi connectivity index (χ0v) is 12.8. The average Bonchev–Trinajstić information content (AvgIpc) is 2.33. The number of aromatic nitrogens is 2. The first kappa shape index (κ1) is 14.7. The predicted molar refractivity (Wildman–Crippen MR) is 80.6 cm³/mol.